The van der Waals surface area contributed by atoms with Crippen molar-refractivity contribution in [3.8, 4) is 0 Å². The standard InChI is InChI=1S/C12H23N3O3/c1-14(2)8-5-13-9-11(16)15-6-3-10(4-7-15)12(17)18/h10,13H,3-9H2,1-2H3,(H,17,18). The smallest absolute Gasteiger partial charge is 0.306 e. The van der Waals surface area contributed by atoms with Crippen LogP contribution in [0.4, 0.5) is 0 Å². The van der Waals surface area contributed by atoms with Gasteiger partial charge in [-0.25, -0.2) is 0 Å². The molecular weight excluding hydrogens is 234 g/mol. The number of amides is 1. The maximum atomic E-state index is 11.8. The summed E-state index contributed by atoms with van der Waals surface area (Å²) in [5, 5.41) is 12.0. The van der Waals surface area contributed by atoms with Gasteiger partial charge in [-0.15, -0.1) is 0 Å². The Kier molecular flexibility index (Phi) is 6.07. The second kappa shape index (κ2) is 7.33. The van der Waals surface area contributed by atoms with Gasteiger partial charge in [0.2, 0.25) is 5.91 Å². The van der Waals surface area contributed by atoms with Crippen LogP contribution in [0.2, 0.25) is 0 Å². The zero-order valence-corrected chi connectivity index (χ0v) is 11.2. The van der Waals surface area contributed by atoms with Gasteiger partial charge in [0.1, 0.15) is 0 Å². The van der Waals surface area contributed by atoms with Gasteiger partial charge in [0.05, 0.1) is 12.5 Å². The van der Waals surface area contributed by atoms with E-state index in [1.807, 2.05) is 14.1 Å². The van der Waals surface area contributed by atoms with Crippen LogP contribution in [0, 0.1) is 5.92 Å². The van der Waals surface area contributed by atoms with Crippen molar-refractivity contribution in [3.05, 3.63) is 0 Å². The summed E-state index contributed by atoms with van der Waals surface area (Å²) in [4.78, 5) is 26.4. The second-order valence-corrected chi connectivity index (χ2v) is 4.97. The van der Waals surface area contributed by atoms with Crippen LogP contribution < -0.4 is 5.32 Å². The molecule has 0 saturated carbocycles. The molecule has 6 heteroatoms. The fourth-order valence-electron chi connectivity index (χ4n) is 1.99. The SMILES string of the molecule is CN(C)CCNCC(=O)N1CCC(C(=O)O)CC1. The number of carboxylic acids is 1. The highest BCUT2D eigenvalue weighted by molar-refractivity contribution is 5.78. The molecule has 1 aliphatic heterocycles. The van der Waals surface area contributed by atoms with E-state index in [1.165, 1.54) is 0 Å². The topological polar surface area (TPSA) is 72.9 Å². The van der Waals surface area contributed by atoms with Gasteiger partial charge in [-0.05, 0) is 26.9 Å². The van der Waals surface area contributed by atoms with Gasteiger partial charge in [0.15, 0.2) is 0 Å². The minimum Gasteiger partial charge on any atom is -0.481 e. The van der Waals surface area contributed by atoms with Crippen LogP contribution in [0.25, 0.3) is 0 Å². The quantitative estimate of drug-likeness (QED) is 0.625. The Balaban J connectivity index is 2.18. The van der Waals surface area contributed by atoms with Gasteiger partial charge in [-0.1, -0.05) is 0 Å². The number of nitrogens with zero attached hydrogens (tertiary/aromatic N) is 2. The first-order valence-corrected chi connectivity index (χ1v) is 6.36. The minimum absolute atomic E-state index is 0.0672. The molecule has 0 aromatic heterocycles. The Bertz CT molecular complexity index is 286. The molecule has 2 N–H and O–H groups in total. The third kappa shape index (κ3) is 5.01. The van der Waals surface area contributed by atoms with E-state index in [1.54, 1.807) is 4.90 Å². The molecule has 1 heterocycles. The van der Waals surface area contributed by atoms with E-state index in [4.69, 9.17) is 5.11 Å². The maximum Gasteiger partial charge on any atom is 0.306 e. The van der Waals surface area contributed by atoms with Crippen LogP contribution in [0.3, 0.4) is 0 Å². The normalized spacial score (nSPS) is 17.2. The second-order valence-electron chi connectivity index (χ2n) is 4.97. The fraction of sp³-hybridized carbons (Fsp3) is 0.833. The van der Waals surface area contributed by atoms with Crippen molar-refractivity contribution in [2.24, 2.45) is 5.92 Å². The average molecular weight is 257 g/mol. The van der Waals surface area contributed by atoms with E-state index < -0.39 is 5.97 Å². The predicted octanol–water partition coefficient (Wildman–Crippen LogP) is -0.539. The van der Waals surface area contributed by atoms with Crippen molar-refractivity contribution in [1.82, 2.24) is 15.1 Å². The highest BCUT2D eigenvalue weighted by atomic mass is 16.4. The zero-order chi connectivity index (χ0) is 13.5. The van der Waals surface area contributed by atoms with Crippen LogP contribution in [-0.2, 0) is 9.59 Å². The number of rotatable bonds is 6. The minimum atomic E-state index is -0.744. The molecule has 0 aromatic carbocycles. The molecule has 0 unspecified atom stereocenters. The molecular formula is C12H23N3O3. The molecule has 18 heavy (non-hydrogen) atoms. The third-order valence-electron chi connectivity index (χ3n) is 3.21. The van der Waals surface area contributed by atoms with Crippen LogP contribution >= 0.6 is 0 Å². The van der Waals surface area contributed by atoms with Crippen molar-refractivity contribution >= 4 is 11.9 Å². The van der Waals surface area contributed by atoms with Crippen molar-refractivity contribution in [3.63, 3.8) is 0 Å². The monoisotopic (exact) mass is 257 g/mol. The van der Waals surface area contributed by atoms with E-state index in [9.17, 15) is 9.59 Å². The molecule has 0 aliphatic carbocycles. The molecule has 1 aliphatic rings. The summed E-state index contributed by atoms with van der Waals surface area (Å²) in [6.07, 6.45) is 1.14. The zero-order valence-electron chi connectivity index (χ0n) is 11.2. The third-order valence-corrected chi connectivity index (χ3v) is 3.21. The molecule has 0 bridgehead atoms. The van der Waals surface area contributed by atoms with Crippen LogP contribution in [-0.4, -0.2) is 73.6 Å². The first-order chi connectivity index (χ1) is 8.50. The van der Waals surface area contributed by atoms with Gasteiger partial charge < -0.3 is 20.2 Å². The number of piperidine rings is 1. The Morgan fingerprint density at radius 2 is 1.94 bits per heavy atom. The van der Waals surface area contributed by atoms with E-state index >= 15 is 0 Å². The summed E-state index contributed by atoms with van der Waals surface area (Å²) in [6, 6.07) is 0. The van der Waals surface area contributed by atoms with E-state index in [0.29, 0.717) is 32.5 Å². The summed E-state index contributed by atoms with van der Waals surface area (Å²) in [5.41, 5.74) is 0. The molecule has 0 radical (unpaired) electrons. The van der Waals surface area contributed by atoms with Gasteiger partial charge >= 0.3 is 5.97 Å². The van der Waals surface area contributed by atoms with Crippen molar-refractivity contribution in [1.29, 1.82) is 0 Å². The van der Waals surface area contributed by atoms with Crippen LogP contribution in [0.15, 0.2) is 0 Å². The summed E-state index contributed by atoms with van der Waals surface area (Å²) < 4.78 is 0. The molecule has 1 amide bonds. The number of nitrogens with one attached hydrogen (secondary N) is 1. The molecule has 104 valence electrons. The Hall–Kier alpha value is -1.14. The molecule has 0 spiro atoms. The lowest BCUT2D eigenvalue weighted by Gasteiger charge is -2.30. The number of likely N-dealkylation sites (tertiary alicyclic amines) is 1. The molecule has 1 fully saturated rings. The number of hydrogen-bond acceptors (Lipinski definition) is 4. The average Bonchev–Trinajstić information content (AvgIpc) is 2.34. The highest BCUT2D eigenvalue weighted by Crippen LogP contribution is 2.16. The maximum absolute atomic E-state index is 11.8. The molecule has 6 nitrogen and oxygen atoms in total. The Morgan fingerprint density at radius 1 is 1.33 bits per heavy atom. The fourth-order valence-corrected chi connectivity index (χ4v) is 1.99. The lowest BCUT2D eigenvalue weighted by atomic mass is 9.97. The van der Waals surface area contributed by atoms with E-state index in [0.717, 1.165) is 13.1 Å². The molecule has 1 rings (SSSR count). The first-order valence-electron chi connectivity index (χ1n) is 6.36. The number of hydrogen-bond donors (Lipinski definition) is 2. The predicted molar refractivity (Wildman–Crippen MR) is 68.4 cm³/mol. The molecule has 0 atom stereocenters. The lowest BCUT2D eigenvalue weighted by molar-refractivity contribution is -0.145. The number of carbonyl (C=O) groups excluding carboxylic acids is 1. The number of aliphatic carboxylic acids is 1. The molecule has 0 aromatic rings. The Morgan fingerprint density at radius 3 is 2.44 bits per heavy atom. The van der Waals surface area contributed by atoms with Gasteiger partial charge in [-0.3, -0.25) is 9.59 Å². The van der Waals surface area contributed by atoms with Crippen molar-refractivity contribution in [2.75, 3.05) is 46.8 Å². The lowest BCUT2D eigenvalue weighted by Crippen LogP contribution is -2.44. The van der Waals surface area contributed by atoms with E-state index in [2.05, 4.69) is 10.2 Å². The summed E-state index contributed by atoms with van der Waals surface area (Å²) in [7, 11) is 3.97. The highest BCUT2D eigenvalue weighted by Gasteiger charge is 2.26. The number of carboxylic acid groups (broad SMARTS) is 1. The summed E-state index contributed by atoms with van der Waals surface area (Å²) in [5.74, 6) is -0.959. The van der Waals surface area contributed by atoms with Gasteiger partial charge in [0.25, 0.3) is 0 Å². The summed E-state index contributed by atoms with van der Waals surface area (Å²) in [6.45, 7) is 3.14. The summed E-state index contributed by atoms with van der Waals surface area (Å²) >= 11 is 0. The van der Waals surface area contributed by atoms with Gasteiger partial charge in [-0.2, -0.15) is 0 Å². The van der Waals surface area contributed by atoms with Crippen LogP contribution in [0.5, 0.6) is 0 Å². The van der Waals surface area contributed by atoms with Crippen molar-refractivity contribution in [2.45, 2.75) is 12.8 Å². The van der Waals surface area contributed by atoms with Crippen LogP contribution in [0.1, 0.15) is 12.8 Å². The largest absolute Gasteiger partial charge is 0.481 e. The number of carbonyl (C=O) groups is 2. The van der Waals surface area contributed by atoms with Crippen molar-refractivity contribution < 1.29 is 14.7 Å². The molecule has 1 saturated heterocycles. The number of likely N-dealkylation sites (N-methyl/N-ethyl adjacent to an activating group) is 1. The Labute approximate surface area is 108 Å². The first kappa shape index (κ1) is 14.9. The van der Waals surface area contributed by atoms with E-state index in [-0.39, 0.29) is 11.8 Å². The van der Waals surface area contributed by atoms with Gasteiger partial charge in [0, 0.05) is 26.2 Å².